The summed E-state index contributed by atoms with van der Waals surface area (Å²) in [4.78, 5) is 22.4. The third-order valence-corrected chi connectivity index (χ3v) is 3.39. The molecule has 1 aliphatic rings. The fraction of sp³-hybridized carbons (Fsp3) is 0.818. The minimum absolute atomic E-state index is 0.847. The minimum Gasteiger partial charge on any atom is -0.481 e. The Bertz CT molecular complexity index is 396. The number of hydrogen-bond acceptors (Lipinski definition) is 9. The predicted molar refractivity (Wildman–Crippen MR) is 62.7 cm³/mol. The van der Waals surface area contributed by atoms with Gasteiger partial charge in [0.15, 0.2) is 0 Å². The number of aliphatic hydroxyl groups is 5. The molecule has 1 saturated heterocycles. The summed E-state index contributed by atoms with van der Waals surface area (Å²) in [5.74, 6) is -7.54. The number of carbonyl (C=O) groups is 2. The lowest BCUT2D eigenvalue weighted by Gasteiger charge is -2.47. The molecule has 6 atom stereocenters. The lowest BCUT2D eigenvalue weighted by Crippen LogP contribution is -2.68. The average molecular weight is 310 g/mol. The van der Waals surface area contributed by atoms with Crippen LogP contribution in [0.25, 0.3) is 0 Å². The van der Waals surface area contributed by atoms with Crippen molar-refractivity contribution in [1.29, 1.82) is 0 Å². The molecule has 1 rings (SSSR count). The highest BCUT2D eigenvalue weighted by Crippen LogP contribution is 2.35. The van der Waals surface area contributed by atoms with Crippen LogP contribution in [0.4, 0.5) is 0 Å². The SMILES string of the molecule is COC(=O)CC(C(=O)O)C1(O)O[C@H](CO)[C@@H](O)[C@H](O)[C@H]1O. The number of ether oxygens (including phenoxy) is 2. The van der Waals surface area contributed by atoms with Crippen LogP contribution < -0.4 is 0 Å². The second kappa shape index (κ2) is 6.64. The third-order valence-electron chi connectivity index (χ3n) is 3.39. The molecule has 0 saturated carbocycles. The van der Waals surface area contributed by atoms with Gasteiger partial charge in [0.25, 0.3) is 0 Å². The monoisotopic (exact) mass is 310 g/mol. The number of hydrogen-bond donors (Lipinski definition) is 6. The first-order valence-electron chi connectivity index (χ1n) is 6.03. The Balaban J connectivity index is 3.13. The summed E-state index contributed by atoms with van der Waals surface area (Å²) in [6, 6.07) is 0. The van der Waals surface area contributed by atoms with E-state index in [0.29, 0.717) is 0 Å². The number of rotatable bonds is 5. The van der Waals surface area contributed by atoms with Crippen molar-refractivity contribution in [2.75, 3.05) is 13.7 Å². The highest BCUT2D eigenvalue weighted by Gasteiger charge is 2.59. The van der Waals surface area contributed by atoms with Crippen molar-refractivity contribution >= 4 is 11.9 Å². The molecule has 122 valence electrons. The van der Waals surface area contributed by atoms with Crippen LogP contribution in [0.15, 0.2) is 0 Å². The van der Waals surface area contributed by atoms with Gasteiger partial charge in [-0.05, 0) is 0 Å². The van der Waals surface area contributed by atoms with Gasteiger partial charge in [-0.25, -0.2) is 0 Å². The molecule has 10 nitrogen and oxygen atoms in total. The van der Waals surface area contributed by atoms with Gasteiger partial charge in [0, 0.05) is 0 Å². The van der Waals surface area contributed by atoms with E-state index in [2.05, 4.69) is 4.74 Å². The number of aliphatic hydroxyl groups excluding tert-OH is 4. The first kappa shape index (κ1) is 17.8. The fourth-order valence-corrected chi connectivity index (χ4v) is 2.13. The Hall–Kier alpha value is -1.30. The minimum atomic E-state index is -2.88. The first-order chi connectivity index (χ1) is 9.68. The number of methoxy groups -OCH3 is 1. The molecule has 0 amide bonds. The lowest BCUT2D eigenvalue weighted by atomic mass is 9.83. The van der Waals surface area contributed by atoms with Crippen LogP contribution in [-0.2, 0) is 19.1 Å². The van der Waals surface area contributed by atoms with Gasteiger partial charge in [-0.3, -0.25) is 9.59 Å². The molecule has 2 unspecified atom stereocenters. The summed E-state index contributed by atoms with van der Waals surface area (Å²) in [7, 11) is 0.999. The van der Waals surface area contributed by atoms with Gasteiger partial charge in [0.1, 0.15) is 30.3 Å². The van der Waals surface area contributed by atoms with Crippen molar-refractivity contribution in [3.8, 4) is 0 Å². The van der Waals surface area contributed by atoms with E-state index in [1.807, 2.05) is 0 Å². The van der Waals surface area contributed by atoms with E-state index in [0.717, 1.165) is 7.11 Å². The molecule has 21 heavy (non-hydrogen) atoms. The highest BCUT2D eigenvalue weighted by atomic mass is 16.7. The van der Waals surface area contributed by atoms with E-state index in [1.165, 1.54) is 0 Å². The van der Waals surface area contributed by atoms with Crippen LogP contribution >= 0.6 is 0 Å². The Kier molecular flexibility index (Phi) is 5.61. The zero-order chi connectivity index (χ0) is 16.4. The Labute approximate surface area is 119 Å². The molecule has 1 aliphatic heterocycles. The summed E-state index contributed by atoms with van der Waals surface area (Å²) >= 11 is 0. The van der Waals surface area contributed by atoms with Crippen LogP contribution in [0, 0.1) is 5.92 Å². The molecule has 0 radical (unpaired) electrons. The molecule has 0 aromatic carbocycles. The molecular weight excluding hydrogens is 292 g/mol. The van der Waals surface area contributed by atoms with Crippen molar-refractivity contribution in [3.63, 3.8) is 0 Å². The summed E-state index contributed by atoms with van der Waals surface area (Å²) in [6.07, 6.45) is -8.30. The quantitative estimate of drug-likeness (QED) is 0.278. The molecule has 6 N–H and O–H groups in total. The number of carboxylic acid groups (broad SMARTS) is 1. The number of aliphatic carboxylic acids is 1. The molecule has 0 aromatic heterocycles. The molecule has 0 spiro atoms. The van der Waals surface area contributed by atoms with Crippen LogP contribution in [0.2, 0.25) is 0 Å². The van der Waals surface area contributed by atoms with Gasteiger partial charge in [0.05, 0.1) is 20.1 Å². The maximum absolute atomic E-state index is 11.2. The second-order valence-corrected chi connectivity index (χ2v) is 4.69. The van der Waals surface area contributed by atoms with E-state index in [4.69, 9.17) is 14.9 Å². The summed E-state index contributed by atoms with van der Waals surface area (Å²) in [6.45, 7) is -0.849. The number of carbonyl (C=O) groups excluding carboxylic acids is 1. The average Bonchev–Trinajstić information content (AvgIpc) is 2.45. The summed E-state index contributed by atoms with van der Waals surface area (Å²) < 4.78 is 9.14. The molecule has 1 fully saturated rings. The Morgan fingerprint density at radius 2 is 1.86 bits per heavy atom. The van der Waals surface area contributed by atoms with Gasteiger partial charge in [-0.15, -0.1) is 0 Å². The maximum atomic E-state index is 11.2. The largest absolute Gasteiger partial charge is 0.481 e. The van der Waals surface area contributed by atoms with Gasteiger partial charge in [-0.2, -0.15) is 0 Å². The Morgan fingerprint density at radius 3 is 2.29 bits per heavy atom. The van der Waals surface area contributed by atoms with E-state index in [1.54, 1.807) is 0 Å². The van der Waals surface area contributed by atoms with Crippen LogP contribution in [0.1, 0.15) is 6.42 Å². The number of carboxylic acids is 1. The van der Waals surface area contributed by atoms with Gasteiger partial charge < -0.3 is 40.1 Å². The summed E-state index contributed by atoms with van der Waals surface area (Å²) in [5, 5.41) is 57.4. The van der Waals surface area contributed by atoms with Crippen LogP contribution in [0.5, 0.6) is 0 Å². The van der Waals surface area contributed by atoms with Crippen molar-refractivity contribution in [1.82, 2.24) is 0 Å². The normalized spacial score (nSPS) is 37.8. The molecule has 0 aliphatic carbocycles. The highest BCUT2D eigenvalue weighted by molar-refractivity contribution is 5.79. The summed E-state index contributed by atoms with van der Waals surface area (Å²) in [5.41, 5.74) is 0. The van der Waals surface area contributed by atoms with Crippen molar-refractivity contribution in [2.45, 2.75) is 36.6 Å². The van der Waals surface area contributed by atoms with Gasteiger partial charge in [-0.1, -0.05) is 0 Å². The molecule has 10 heteroatoms. The van der Waals surface area contributed by atoms with Crippen LogP contribution in [-0.4, -0.2) is 86.5 Å². The second-order valence-electron chi connectivity index (χ2n) is 4.69. The van der Waals surface area contributed by atoms with E-state index < -0.39 is 61.1 Å². The third kappa shape index (κ3) is 3.31. The Morgan fingerprint density at radius 1 is 1.29 bits per heavy atom. The van der Waals surface area contributed by atoms with E-state index in [9.17, 15) is 30.0 Å². The molecule has 0 aromatic rings. The van der Waals surface area contributed by atoms with E-state index in [-0.39, 0.29) is 0 Å². The van der Waals surface area contributed by atoms with E-state index >= 15 is 0 Å². The molecule has 1 heterocycles. The smallest absolute Gasteiger partial charge is 0.312 e. The predicted octanol–water partition coefficient (Wildman–Crippen LogP) is -3.59. The zero-order valence-corrected chi connectivity index (χ0v) is 11.1. The molecular formula is C11H18O10. The van der Waals surface area contributed by atoms with Crippen LogP contribution in [0.3, 0.4) is 0 Å². The van der Waals surface area contributed by atoms with Crippen molar-refractivity contribution < 1.29 is 49.7 Å². The standard InChI is InChI=1S/C11H18O10/c1-20-6(13)2-4(10(17)18)11(19)9(16)8(15)7(14)5(3-12)21-11/h4-5,7-9,12,14-16,19H,2-3H2,1H3,(H,17,18)/t4?,5-,7-,8+,9-,11?/m1/s1. The topological polar surface area (TPSA) is 174 Å². The lowest BCUT2D eigenvalue weighted by molar-refractivity contribution is -0.364. The first-order valence-corrected chi connectivity index (χ1v) is 6.03. The molecule has 0 bridgehead atoms. The fourth-order valence-electron chi connectivity index (χ4n) is 2.13. The van der Waals surface area contributed by atoms with Crippen molar-refractivity contribution in [3.05, 3.63) is 0 Å². The number of esters is 1. The van der Waals surface area contributed by atoms with Crippen molar-refractivity contribution in [2.24, 2.45) is 5.92 Å². The van der Waals surface area contributed by atoms with Gasteiger partial charge in [0.2, 0.25) is 5.79 Å². The maximum Gasteiger partial charge on any atom is 0.312 e. The zero-order valence-electron chi connectivity index (χ0n) is 11.1. The van der Waals surface area contributed by atoms with Gasteiger partial charge >= 0.3 is 11.9 Å².